The number of nitrogens with one attached hydrogen (secondary N) is 1. The molecule has 0 aliphatic carbocycles. The van der Waals surface area contributed by atoms with Gasteiger partial charge in [0.05, 0.1) is 19.0 Å². The zero-order chi connectivity index (χ0) is 16.0. The van der Waals surface area contributed by atoms with E-state index in [1.165, 1.54) is 0 Å². The maximum Gasteiger partial charge on any atom is 0.235 e. The standard InChI is InChI=1S/C15H21NO5S/c1-20-13-5-2-4-12(8-13)9-16-15(17)11-22(18,19)10-14-6-3-7-21-14/h2,4-5,8,14H,3,6-7,9-11H2,1H3,(H,16,17)/t14-/m1/s1. The second kappa shape index (κ2) is 7.60. The SMILES string of the molecule is COc1cccc(CNC(=O)CS(=O)(=O)C[C@H]2CCCO2)c1. The lowest BCUT2D eigenvalue weighted by Crippen LogP contribution is -2.33. The third kappa shape index (κ3) is 5.31. The highest BCUT2D eigenvalue weighted by Crippen LogP contribution is 2.14. The van der Waals surface area contributed by atoms with Gasteiger partial charge in [0.2, 0.25) is 5.91 Å². The van der Waals surface area contributed by atoms with E-state index < -0.39 is 21.5 Å². The van der Waals surface area contributed by atoms with Gasteiger partial charge in [-0.25, -0.2) is 8.42 Å². The molecule has 1 atom stereocenters. The number of ether oxygens (including phenoxy) is 2. The first kappa shape index (κ1) is 16.8. The summed E-state index contributed by atoms with van der Waals surface area (Å²) in [5, 5.41) is 2.62. The minimum atomic E-state index is -3.44. The quantitative estimate of drug-likeness (QED) is 0.805. The van der Waals surface area contributed by atoms with Gasteiger partial charge in [0, 0.05) is 13.2 Å². The Hall–Kier alpha value is -1.60. The van der Waals surface area contributed by atoms with Crippen LogP contribution >= 0.6 is 0 Å². The van der Waals surface area contributed by atoms with Gasteiger partial charge >= 0.3 is 0 Å². The molecule has 1 saturated heterocycles. The number of carbonyl (C=O) groups is 1. The Balaban J connectivity index is 1.81. The largest absolute Gasteiger partial charge is 0.497 e. The lowest BCUT2D eigenvalue weighted by Gasteiger charge is -2.10. The number of sulfone groups is 1. The predicted octanol–water partition coefficient (Wildman–Crippen LogP) is 0.905. The van der Waals surface area contributed by atoms with Gasteiger partial charge in [-0.05, 0) is 30.5 Å². The molecule has 1 aliphatic heterocycles. The average Bonchev–Trinajstić information content (AvgIpc) is 2.97. The minimum absolute atomic E-state index is 0.0838. The molecule has 0 bridgehead atoms. The highest BCUT2D eigenvalue weighted by Gasteiger charge is 2.25. The molecule has 1 aromatic rings. The molecule has 1 fully saturated rings. The smallest absolute Gasteiger partial charge is 0.235 e. The minimum Gasteiger partial charge on any atom is -0.497 e. The number of rotatable bonds is 7. The van der Waals surface area contributed by atoms with E-state index in [-0.39, 0.29) is 18.4 Å². The van der Waals surface area contributed by atoms with Crippen molar-refractivity contribution in [2.75, 3.05) is 25.2 Å². The van der Waals surface area contributed by atoms with Gasteiger partial charge in [-0.3, -0.25) is 4.79 Å². The fraction of sp³-hybridized carbons (Fsp3) is 0.533. The van der Waals surface area contributed by atoms with Gasteiger partial charge < -0.3 is 14.8 Å². The Morgan fingerprint density at radius 3 is 2.95 bits per heavy atom. The van der Waals surface area contributed by atoms with Crippen LogP contribution < -0.4 is 10.1 Å². The Morgan fingerprint density at radius 1 is 1.45 bits per heavy atom. The molecular weight excluding hydrogens is 306 g/mol. The zero-order valence-electron chi connectivity index (χ0n) is 12.6. The van der Waals surface area contributed by atoms with E-state index in [0.717, 1.165) is 18.4 Å². The molecule has 1 heterocycles. The molecule has 1 amide bonds. The Labute approximate surface area is 130 Å². The number of hydrogen-bond donors (Lipinski definition) is 1. The Kier molecular flexibility index (Phi) is 5.79. The van der Waals surface area contributed by atoms with Gasteiger partial charge in [-0.15, -0.1) is 0 Å². The average molecular weight is 327 g/mol. The molecule has 2 rings (SSSR count). The molecule has 22 heavy (non-hydrogen) atoms. The normalized spacial score (nSPS) is 18.1. The van der Waals surface area contributed by atoms with Crippen LogP contribution in [0.4, 0.5) is 0 Å². The number of amides is 1. The van der Waals surface area contributed by atoms with Crippen LogP contribution in [0.15, 0.2) is 24.3 Å². The fourth-order valence-electron chi connectivity index (χ4n) is 2.35. The van der Waals surface area contributed by atoms with Gasteiger partial charge in [0.25, 0.3) is 0 Å². The zero-order valence-corrected chi connectivity index (χ0v) is 13.4. The third-order valence-electron chi connectivity index (χ3n) is 3.44. The summed E-state index contributed by atoms with van der Waals surface area (Å²) >= 11 is 0. The Morgan fingerprint density at radius 2 is 2.27 bits per heavy atom. The van der Waals surface area contributed by atoms with Crippen molar-refractivity contribution in [2.45, 2.75) is 25.5 Å². The molecule has 122 valence electrons. The van der Waals surface area contributed by atoms with Crippen LogP contribution in [-0.2, 0) is 25.9 Å². The first-order chi connectivity index (χ1) is 10.5. The van der Waals surface area contributed by atoms with Crippen molar-refractivity contribution in [2.24, 2.45) is 0 Å². The highest BCUT2D eigenvalue weighted by atomic mass is 32.2. The molecule has 0 unspecified atom stereocenters. The molecule has 7 heteroatoms. The molecule has 0 aromatic heterocycles. The molecule has 0 saturated carbocycles. The van der Waals surface area contributed by atoms with Crippen LogP contribution in [0, 0.1) is 0 Å². The van der Waals surface area contributed by atoms with Crippen LogP contribution in [0.5, 0.6) is 5.75 Å². The van der Waals surface area contributed by atoms with E-state index in [4.69, 9.17) is 9.47 Å². The van der Waals surface area contributed by atoms with E-state index in [0.29, 0.717) is 12.4 Å². The Bertz CT molecular complexity index is 608. The van der Waals surface area contributed by atoms with Crippen molar-refractivity contribution in [1.82, 2.24) is 5.32 Å². The molecule has 1 N–H and O–H groups in total. The van der Waals surface area contributed by atoms with E-state index >= 15 is 0 Å². The van der Waals surface area contributed by atoms with E-state index in [2.05, 4.69) is 5.32 Å². The predicted molar refractivity (Wildman–Crippen MR) is 82.5 cm³/mol. The number of benzene rings is 1. The summed E-state index contributed by atoms with van der Waals surface area (Å²) in [4.78, 5) is 11.8. The third-order valence-corrected chi connectivity index (χ3v) is 5.02. The van der Waals surface area contributed by atoms with Gasteiger partial charge in [-0.1, -0.05) is 12.1 Å². The van der Waals surface area contributed by atoms with Crippen molar-refractivity contribution in [1.29, 1.82) is 0 Å². The second-order valence-electron chi connectivity index (χ2n) is 5.32. The van der Waals surface area contributed by atoms with E-state index in [1.54, 1.807) is 19.2 Å². The van der Waals surface area contributed by atoms with Crippen LogP contribution in [0.1, 0.15) is 18.4 Å². The first-order valence-corrected chi connectivity index (χ1v) is 9.02. The van der Waals surface area contributed by atoms with Gasteiger partial charge in [0.1, 0.15) is 11.5 Å². The van der Waals surface area contributed by atoms with Gasteiger partial charge in [0.15, 0.2) is 9.84 Å². The van der Waals surface area contributed by atoms with Crippen molar-refractivity contribution in [3.63, 3.8) is 0 Å². The van der Waals surface area contributed by atoms with Crippen LogP contribution in [0.25, 0.3) is 0 Å². The summed E-state index contributed by atoms with van der Waals surface area (Å²) in [6, 6.07) is 7.25. The molecule has 0 spiro atoms. The van der Waals surface area contributed by atoms with Crippen LogP contribution in [0.3, 0.4) is 0 Å². The summed E-state index contributed by atoms with van der Waals surface area (Å²) < 4.78 is 34.3. The summed E-state index contributed by atoms with van der Waals surface area (Å²) in [7, 11) is -1.88. The maximum atomic E-state index is 11.9. The maximum absolute atomic E-state index is 11.9. The fourth-order valence-corrected chi connectivity index (χ4v) is 3.80. The van der Waals surface area contributed by atoms with Crippen LogP contribution in [-0.4, -0.2) is 45.7 Å². The summed E-state index contributed by atoms with van der Waals surface area (Å²) in [5.74, 6) is -0.394. The lowest BCUT2D eigenvalue weighted by atomic mass is 10.2. The number of methoxy groups -OCH3 is 1. The highest BCUT2D eigenvalue weighted by molar-refractivity contribution is 7.92. The molecule has 6 nitrogen and oxygen atoms in total. The van der Waals surface area contributed by atoms with Crippen LogP contribution in [0.2, 0.25) is 0 Å². The van der Waals surface area contributed by atoms with Crippen molar-refractivity contribution < 1.29 is 22.7 Å². The summed E-state index contributed by atoms with van der Waals surface area (Å²) in [6.45, 7) is 0.869. The van der Waals surface area contributed by atoms with Gasteiger partial charge in [-0.2, -0.15) is 0 Å². The van der Waals surface area contributed by atoms with Crippen molar-refractivity contribution in [3.05, 3.63) is 29.8 Å². The summed E-state index contributed by atoms with van der Waals surface area (Å²) in [6.07, 6.45) is 1.35. The molecule has 0 radical (unpaired) electrons. The monoisotopic (exact) mass is 327 g/mol. The number of carbonyl (C=O) groups excluding carboxylic acids is 1. The van der Waals surface area contributed by atoms with E-state index in [1.807, 2.05) is 12.1 Å². The topological polar surface area (TPSA) is 81.7 Å². The van der Waals surface area contributed by atoms with Crippen molar-refractivity contribution in [3.8, 4) is 5.75 Å². The second-order valence-corrected chi connectivity index (χ2v) is 7.43. The van der Waals surface area contributed by atoms with Crippen molar-refractivity contribution >= 4 is 15.7 Å². The van der Waals surface area contributed by atoms with E-state index in [9.17, 15) is 13.2 Å². The molecule has 1 aliphatic rings. The molecular formula is C15H21NO5S. The number of hydrogen-bond acceptors (Lipinski definition) is 5. The summed E-state index contributed by atoms with van der Waals surface area (Å²) in [5.41, 5.74) is 0.851. The lowest BCUT2D eigenvalue weighted by molar-refractivity contribution is -0.118. The molecule has 1 aromatic carbocycles. The first-order valence-electron chi connectivity index (χ1n) is 7.20.